The predicted octanol–water partition coefficient (Wildman–Crippen LogP) is 1.31. The van der Waals surface area contributed by atoms with E-state index >= 15 is 0 Å². The van der Waals surface area contributed by atoms with Gasteiger partial charge in [0.1, 0.15) is 11.2 Å². The maximum Gasteiger partial charge on any atom is 0.407 e. The SMILES string of the molecule is Cn1ncc(OC[C@@H]2CCN2C(=O)O)c1Br. The number of rotatable bonds is 3. The standard InChI is InChI=1S/C9H12BrN3O3/c1-12-8(10)7(4-11-12)16-5-6-2-3-13(6)9(14)15/h4,6H,2-3,5H2,1H3,(H,14,15)/t6-/m0/s1. The first-order valence-electron chi connectivity index (χ1n) is 4.89. The molecule has 2 heterocycles. The van der Waals surface area contributed by atoms with Gasteiger partial charge < -0.3 is 14.7 Å². The minimum Gasteiger partial charge on any atom is -0.487 e. The first-order valence-corrected chi connectivity index (χ1v) is 5.68. The molecule has 6 nitrogen and oxygen atoms in total. The molecule has 0 aromatic carbocycles. The van der Waals surface area contributed by atoms with Crippen LogP contribution in [-0.2, 0) is 7.05 Å². The Morgan fingerprint density at radius 2 is 2.56 bits per heavy atom. The number of carboxylic acid groups (broad SMARTS) is 1. The average molecular weight is 290 g/mol. The van der Waals surface area contributed by atoms with Crippen molar-refractivity contribution in [2.75, 3.05) is 13.2 Å². The Kier molecular flexibility index (Phi) is 3.04. The number of aromatic nitrogens is 2. The second kappa shape index (κ2) is 4.32. The van der Waals surface area contributed by atoms with Crippen molar-refractivity contribution in [1.29, 1.82) is 0 Å². The fraction of sp³-hybridized carbons (Fsp3) is 0.556. The summed E-state index contributed by atoms with van der Waals surface area (Å²) >= 11 is 3.33. The van der Waals surface area contributed by atoms with Crippen LogP contribution in [0.3, 0.4) is 0 Å². The summed E-state index contributed by atoms with van der Waals surface area (Å²) in [6.45, 7) is 0.966. The first-order chi connectivity index (χ1) is 7.59. The van der Waals surface area contributed by atoms with Gasteiger partial charge in [-0.1, -0.05) is 0 Å². The highest BCUT2D eigenvalue weighted by atomic mass is 79.9. The molecule has 1 aliphatic rings. The molecule has 1 aliphatic heterocycles. The third kappa shape index (κ3) is 1.99. The summed E-state index contributed by atoms with van der Waals surface area (Å²) < 4.78 is 7.91. The summed E-state index contributed by atoms with van der Waals surface area (Å²) in [5, 5.41) is 12.8. The van der Waals surface area contributed by atoms with Crippen LogP contribution in [0.15, 0.2) is 10.8 Å². The van der Waals surface area contributed by atoms with Crippen molar-refractivity contribution >= 4 is 22.0 Å². The molecule has 1 saturated heterocycles. The minimum absolute atomic E-state index is 0.0374. The lowest BCUT2D eigenvalue weighted by Gasteiger charge is -2.38. The number of aryl methyl sites for hydroxylation is 1. The van der Waals surface area contributed by atoms with E-state index in [1.165, 1.54) is 4.90 Å². The lowest BCUT2D eigenvalue weighted by molar-refractivity contribution is 0.0497. The number of hydrogen-bond acceptors (Lipinski definition) is 3. The number of carbonyl (C=O) groups is 1. The van der Waals surface area contributed by atoms with Gasteiger partial charge in [0.25, 0.3) is 0 Å². The first kappa shape index (κ1) is 11.3. The van der Waals surface area contributed by atoms with Crippen LogP contribution < -0.4 is 4.74 Å². The van der Waals surface area contributed by atoms with Crippen molar-refractivity contribution in [3.63, 3.8) is 0 Å². The second-order valence-electron chi connectivity index (χ2n) is 3.65. The van der Waals surface area contributed by atoms with Gasteiger partial charge in [0.15, 0.2) is 5.75 Å². The number of ether oxygens (including phenoxy) is 1. The molecule has 1 fully saturated rings. The van der Waals surface area contributed by atoms with Gasteiger partial charge in [-0.15, -0.1) is 0 Å². The van der Waals surface area contributed by atoms with E-state index in [2.05, 4.69) is 21.0 Å². The Morgan fingerprint density at radius 3 is 3.00 bits per heavy atom. The molecule has 0 unspecified atom stereocenters. The number of hydrogen-bond donors (Lipinski definition) is 1. The molecular formula is C9H12BrN3O3. The summed E-state index contributed by atoms with van der Waals surface area (Å²) in [7, 11) is 1.80. The zero-order valence-corrected chi connectivity index (χ0v) is 10.3. The largest absolute Gasteiger partial charge is 0.487 e. The molecule has 0 radical (unpaired) electrons. The third-order valence-electron chi connectivity index (χ3n) is 2.66. The molecule has 1 N–H and O–H groups in total. The van der Waals surface area contributed by atoms with Crippen molar-refractivity contribution < 1.29 is 14.6 Å². The van der Waals surface area contributed by atoms with Gasteiger partial charge in [0.05, 0.1) is 12.2 Å². The molecule has 7 heteroatoms. The van der Waals surface area contributed by atoms with Crippen molar-refractivity contribution in [2.45, 2.75) is 12.5 Å². The van der Waals surface area contributed by atoms with Crippen molar-refractivity contribution in [1.82, 2.24) is 14.7 Å². The Labute approximate surface area is 101 Å². The monoisotopic (exact) mass is 289 g/mol. The van der Waals surface area contributed by atoms with Crippen LogP contribution in [0.25, 0.3) is 0 Å². The number of halogens is 1. The van der Waals surface area contributed by atoms with Gasteiger partial charge in [0, 0.05) is 13.6 Å². The third-order valence-corrected chi connectivity index (χ3v) is 3.56. The van der Waals surface area contributed by atoms with E-state index < -0.39 is 6.09 Å². The van der Waals surface area contributed by atoms with Crippen LogP contribution in [0.5, 0.6) is 5.75 Å². The molecule has 0 bridgehead atoms. The maximum absolute atomic E-state index is 10.7. The molecule has 2 rings (SSSR count). The highest BCUT2D eigenvalue weighted by molar-refractivity contribution is 9.10. The van der Waals surface area contributed by atoms with E-state index in [9.17, 15) is 4.79 Å². The van der Waals surface area contributed by atoms with Gasteiger partial charge in [-0.25, -0.2) is 4.79 Å². The fourth-order valence-electron chi connectivity index (χ4n) is 1.55. The van der Waals surface area contributed by atoms with E-state index in [1.807, 2.05) is 0 Å². The molecule has 1 aromatic heterocycles. The van der Waals surface area contributed by atoms with Gasteiger partial charge in [-0.05, 0) is 22.4 Å². The molecule has 1 amide bonds. The highest BCUT2D eigenvalue weighted by Crippen LogP contribution is 2.25. The molecule has 0 spiro atoms. The van der Waals surface area contributed by atoms with Crippen LogP contribution in [0, 0.1) is 0 Å². The molecule has 1 aromatic rings. The molecule has 1 atom stereocenters. The lowest BCUT2D eigenvalue weighted by atomic mass is 10.1. The summed E-state index contributed by atoms with van der Waals surface area (Å²) in [5.41, 5.74) is 0. The van der Waals surface area contributed by atoms with Gasteiger partial charge >= 0.3 is 6.09 Å². The van der Waals surface area contributed by atoms with Crippen LogP contribution in [-0.4, -0.2) is 45.1 Å². The van der Waals surface area contributed by atoms with Gasteiger partial charge in [-0.3, -0.25) is 4.68 Å². The highest BCUT2D eigenvalue weighted by Gasteiger charge is 2.32. The van der Waals surface area contributed by atoms with E-state index in [-0.39, 0.29) is 6.04 Å². The average Bonchev–Trinajstić information content (AvgIpc) is 2.47. The second-order valence-corrected chi connectivity index (χ2v) is 4.40. The summed E-state index contributed by atoms with van der Waals surface area (Å²) in [6, 6.07) is -0.0374. The topological polar surface area (TPSA) is 67.6 Å². The van der Waals surface area contributed by atoms with Gasteiger partial charge in [0.2, 0.25) is 0 Å². The number of nitrogens with zero attached hydrogens (tertiary/aromatic N) is 3. The van der Waals surface area contributed by atoms with Crippen LogP contribution in [0.1, 0.15) is 6.42 Å². The Bertz CT molecular complexity index is 407. The van der Waals surface area contributed by atoms with E-state index in [0.717, 1.165) is 11.0 Å². The van der Waals surface area contributed by atoms with Crippen LogP contribution in [0.2, 0.25) is 0 Å². The Morgan fingerprint density at radius 1 is 1.81 bits per heavy atom. The lowest BCUT2D eigenvalue weighted by Crippen LogP contribution is -2.53. The van der Waals surface area contributed by atoms with Crippen molar-refractivity contribution in [2.24, 2.45) is 7.05 Å². The zero-order valence-electron chi connectivity index (χ0n) is 8.76. The molecule has 0 saturated carbocycles. The zero-order chi connectivity index (χ0) is 11.7. The van der Waals surface area contributed by atoms with Crippen LogP contribution >= 0.6 is 15.9 Å². The summed E-state index contributed by atoms with van der Waals surface area (Å²) in [5.74, 6) is 0.639. The fourth-order valence-corrected chi connectivity index (χ4v) is 1.86. The van der Waals surface area contributed by atoms with Crippen molar-refractivity contribution in [3.8, 4) is 5.75 Å². The molecular weight excluding hydrogens is 278 g/mol. The van der Waals surface area contributed by atoms with E-state index in [0.29, 0.717) is 18.9 Å². The van der Waals surface area contributed by atoms with E-state index in [4.69, 9.17) is 9.84 Å². The number of amides is 1. The number of likely N-dealkylation sites (tertiary alicyclic amines) is 1. The maximum atomic E-state index is 10.7. The Balaban J connectivity index is 1.88. The normalized spacial score (nSPS) is 19.4. The van der Waals surface area contributed by atoms with Gasteiger partial charge in [-0.2, -0.15) is 5.10 Å². The van der Waals surface area contributed by atoms with Crippen molar-refractivity contribution in [3.05, 3.63) is 10.8 Å². The Hall–Kier alpha value is -1.24. The predicted molar refractivity (Wildman–Crippen MR) is 59.5 cm³/mol. The smallest absolute Gasteiger partial charge is 0.407 e. The molecule has 16 heavy (non-hydrogen) atoms. The molecule has 88 valence electrons. The summed E-state index contributed by atoms with van der Waals surface area (Å²) in [4.78, 5) is 12.1. The summed E-state index contributed by atoms with van der Waals surface area (Å²) in [6.07, 6.45) is 1.57. The quantitative estimate of drug-likeness (QED) is 0.911. The molecule has 0 aliphatic carbocycles. The van der Waals surface area contributed by atoms with Crippen LogP contribution in [0.4, 0.5) is 4.79 Å². The minimum atomic E-state index is -0.884. The van der Waals surface area contributed by atoms with E-state index in [1.54, 1.807) is 17.9 Å².